The molecule has 1 saturated carbocycles. The Balaban J connectivity index is 1.27. The maximum absolute atomic E-state index is 13.6. The number of nitrogens with one attached hydrogen (secondary N) is 1. The summed E-state index contributed by atoms with van der Waals surface area (Å²) in [5.74, 6) is 1.01. The summed E-state index contributed by atoms with van der Waals surface area (Å²) in [4.78, 5) is 18.2. The van der Waals surface area contributed by atoms with Crippen molar-refractivity contribution in [1.82, 2.24) is 9.62 Å². The Hall–Kier alpha value is -2.37. The molecule has 1 saturated heterocycles. The Morgan fingerprint density at radius 2 is 1.74 bits per heavy atom. The predicted octanol–water partition coefficient (Wildman–Crippen LogP) is 6.42. The van der Waals surface area contributed by atoms with Gasteiger partial charge in [0.25, 0.3) is 5.91 Å². The molecule has 0 aromatic heterocycles. The third kappa shape index (κ3) is 6.80. The predicted molar refractivity (Wildman–Crippen MR) is 197 cm³/mol. The number of aryl methyl sites for hydroxylation is 1. The van der Waals surface area contributed by atoms with Gasteiger partial charge in [0, 0.05) is 35.0 Å². The topological polar surface area (TPSA) is 97.4 Å². The number of carbonyl (C=O) groups excluding carboxylic acids is 1. The molecule has 11 heteroatoms. The van der Waals surface area contributed by atoms with Gasteiger partial charge < -0.3 is 19.1 Å². The summed E-state index contributed by atoms with van der Waals surface area (Å²) >= 11 is 6.48. The van der Waals surface area contributed by atoms with Crippen molar-refractivity contribution >= 4 is 33.2 Å². The molecule has 5 aliphatic rings. The Kier molecular flexibility index (Phi) is 10.00. The highest BCUT2D eigenvalue weighted by Gasteiger charge is 2.48. The van der Waals surface area contributed by atoms with Crippen molar-refractivity contribution in [2.45, 2.75) is 94.6 Å². The standard InChI is InChI=1S/C39H54ClN3O6S/c1-25-8-6-10-32(37-48-22-38(3,23-49-37)42(4)5)31-14-11-29(31)20-43-21-39(17-7-9-27-18-30(40)13-15-33(27)39)24-47-35-16-12-28(19-34(35)43)36(44)41-50(45,46)26(25)2/h12-13,15-16,18-19,25-26,29,31-32,37H,6-11,14,17,20-24H2,1-5H3,(H,41,44)/t25-,26+,29-,31+,32+,37-,38+,39-/m0/s1. The monoisotopic (exact) mass is 727 g/mol. The zero-order valence-corrected chi connectivity index (χ0v) is 31.8. The van der Waals surface area contributed by atoms with Crippen LogP contribution >= 0.6 is 11.6 Å². The Morgan fingerprint density at radius 3 is 2.46 bits per heavy atom. The van der Waals surface area contributed by atoms with Crippen LogP contribution in [0.5, 0.6) is 5.75 Å². The number of hydrogen-bond acceptors (Lipinski definition) is 8. The van der Waals surface area contributed by atoms with Gasteiger partial charge in [-0.2, -0.15) is 0 Å². The van der Waals surface area contributed by atoms with Gasteiger partial charge in [0.15, 0.2) is 6.29 Å². The Labute approximate surface area is 303 Å². The number of nitrogens with zero attached hydrogens (tertiary/aromatic N) is 2. The van der Waals surface area contributed by atoms with Crippen LogP contribution in [-0.2, 0) is 31.3 Å². The highest BCUT2D eigenvalue weighted by atomic mass is 35.5. The van der Waals surface area contributed by atoms with Crippen molar-refractivity contribution in [2.24, 2.45) is 23.7 Å². The van der Waals surface area contributed by atoms with Gasteiger partial charge in [-0.1, -0.05) is 31.0 Å². The van der Waals surface area contributed by atoms with Gasteiger partial charge in [-0.3, -0.25) is 9.69 Å². The SMILES string of the molecule is C[C@@H]1[C@@H](C)CCC[C@@H]([C@H]2OC[C@@](C)(N(C)C)CO2)[C@@H]2CC[C@H]2CN2C[C@@]3(CCCc4cc(Cl)ccc43)COc3ccc(cc32)C(=O)NS1(=O)=O. The molecule has 50 heavy (non-hydrogen) atoms. The summed E-state index contributed by atoms with van der Waals surface area (Å²) < 4.78 is 49.3. The molecule has 9 nitrogen and oxygen atoms in total. The van der Waals surface area contributed by atoms with E-state index in [-0.39, 0.29) is 29.1 Å². The van der Waals surface area contributed by atoms with Crippen LogP contribution < -0.4 is 14.4 Å². The van der Waals surface area contributed by atoms with Gasteiger partial charge in [-0.15, -0.1) is 0 Å². The Bertz CT molecular complexity index is 1690. The summed E-state index contributed by atoms with van der Waals surface area (Å²) in [7, 11) is 0.230. The lowest BCUT2D eigenvalue weighted by molar-refractivity contribution is -0.260. The van der Waals surface area contributed by atoms with Crippen LogP contribution in [0, 0.1) is 23.7 Å². The molecule has 1 amide bonds. The molecule has 0 radical (unpaired) electrons. The molecule has 2 fully saturated rings. The lowest BCUT2D eigenvalue weighted by Gasteiger charge is -2.50. The molecule has 274 valence electrons. The smallest absolute Gasteiger partial charge is 0.264 e. The van der Waals surface area contributed by atoms with E-state index in [1.807, 2.05) is 25.1 Å². The van der Waals surface area contributed by atoms with Gasteiger partial charge in [0.05, 0.1) is 36.3 Å². The maximum Gasteiger partial charge on any atom is 0.264 e. The van der Waals surface area contributed by atoms with Crippen LogP contribution in [0.3, 0.4) is 0 Å². The van der Waals surface area contributed by atoms with E-state index in [0.29, 0.717) is 37.2 Å². The van der Waals surface area contributed by atoms with E-state index < -0.39 is 21.2 Å². The molecule has 7 rings (SSSR count). The van der Waals surface area contributed by atoms with Crippen molar-refractivity contribution in [3.8, 4) is 5.75 Å². The molecule has 2 aliphatic carbocycles. The number of hydrogen-bond donors (Lipinski definition) is 1. The lowest BCUT2D eigenvalue weighted by atomic mass is 9.64. The zero-order valence-electron chi connectivity index (χ0n) is 30.3. The average molecular weight is 728 g/mol. The first kappa shape index (κ1) is 36.0. The van der Waals surface area contributed by atoms with Crippen molar-refractivity contribution in [2.75, 3.05) is 51.9 Å². The number of sulfonamides is 1. The van der Waals surface area contributed by atoms with Gasteiger partial charge in [0.1, 0.15) is 5.75 Å². The number of likely N-dealkylation sites (N-methyl/N-ethyl adjacent to an activating group) is 1. The minimum absolute atomic E-state index is 0.128. The zero-order chi connectivity index (χ0) is 35.4. The second-order valence-corrected chi connectivity index (χ2v) is 18.9. The molecule has 3 heterocycles. The fraction of sp³-hybridized carbons (Fsp3) is 0.667. The molecular formula is C39H54ClN3O6S. The number of amides is 1. The fourth-order valence-electron chi connectivity index (χ4n) is 9.09. The van der Waals surface area contributed by atoms with Crippen LogP contribution in [0.2, 0.25) is 5.02 Å². The minimum atomic E-state index is -3.91. The van der Waals surface area contributed by atoms with Crippen molar-refractivity contribution in [3.05, 3.63) is 58.1 Å². The lowest BCUT2D eigenvalue weighted by Crippen LogP contribution is -2.57. The number of rotatable bonds is 2. The second-order valence-electron chi connectivity index (χ2n) is 16.4. The minimum Gasteiger partial charge on any atom is -0.490 e. The summed E-state index contributed by atoms with van der Waals surface area (Å²) in [5.41, 5.74) is 3.29. The number of benzene rings is 2. The molecule has 2 bridgehead atoms. The molecule has 6 atom stereocenters. The first-order chi connectivity index (χ1) is 23.8. The number of halogens is 1. The van der Waals surface area contributed by atoms with Crippen LogP contribution in [0.4, 0.5) is 5.69 Å². The molecule has 2 aromatic carbocycles. The highest BCUT2D eigenvalue weighted by molar-refractivity contribution is 7.90. The van der Waals surface area contributed by atoms with E-state index in [9.17, 15) is 13.2 Å². The number of carbonyl (C=O) groups is 1. The number of anilines is 1. The molecule has 1 N–H and O–H groups in total. The second kappa shape index (κ2) is 13.9. The van der Waals surface area contributed by atoms with Crippen LogP contribution in [0.1, 0.15) is 87.2 Å². The summed E-state index contributed by atoms with van der Waals surface area (Å²) in [6, 6.07) is 11.6. The molecular weight excluding hydrogens is 674 g/mol. The van der Waals surface area contributed by atoms with E-state index in [4.69, 9.17) is 25.8 Å². The van der Waals surface area contributed by atoms with Gasteiger partial charge in [-0.25, -0.2) is 13.1 Å². The van der Waals surface area contributed by atoms with E-state index in [1.165, 1.54) is 11.1 Å². The van der Waals surface area contributed by atoms with Gasteiger partial charge in [-0.05, 0) is 132 Å². The van der Waals surface area contributed by atoms with Crippen LogP contribution in [0.15, 0.2) is 36.4 Å². The quantitative estimate of drug-likeness (QED) is 0.379. The van der Waals surface area contributed by atoms with Crippen molar-refractivity contribution in [1.29, 1.82) is 0 Å². The molecule has 3 aliphatic heterocycles. The Morgan fingerprint density at radius 1 is 0.960 bits per heavy atom. The third-order valence-electron chi connectivity index (χ3n) is 13.0. The summed E-state index contributed by atoms with van der Waals surface area (Å²) in [6.07, 6.45) is 7.44. The van der Waals surface area contributed by atoms with Crippen molar-refractivity contribution < 1.29 is 27.4 Å². The average Bonchev–Trinajstić information content (AvgIpc) is 3.22. The normalized spacial score (nSPS) is 36.0. The molecule has 2 aromatic rings. The van der Waals surface area contributed by atoms with Gasteiger partial charge >= 0.3 is 0 Å². The number of fused-ring (bicyclic) bond motifs is 4. The maximum atomic E-state index is 13.6. The fourth-order valence-corrected chi connectivity index (χ4v) is 10.6. The van der Waals surface area contributed by atoms with Crippen LogP contribution in [-0.4, -0.2) is 83.3 Å². The largest absolute Gasteiger partial charge is 0.490 e. The molecule has 0 unspecified atom stereocenters. The first-order valence-corrected chi connectivity index (χ1v) is 20.5. The summed E-state index contributed by atoms with van der Waals surface area (Å²) in [6.45, 7) is 9.13. The van der Waals surface area contributed by atoms with E-state index in [1.54, 1.807) is 13.0 Å². The highest BCUT2D eigenvalue weighted by Crippen LogP contribution is 2.49. The van der Waals surface area contributed by atoms with E-state index in [2.05, 4.69) is 47.7 Å². The van der Waals surface area contributed by atoms with Crippen molar-refractivity contribution in [3.63, 3.8) is 0 Å². The first-order valence-electron chi connectivity index (χ1n) is 18.6. The third-order valence-corrected chi connectivity index (χ3v) is 15.2. The van der Waals surface area contributed by atoms with E-state index in [0.717, 1.165) is 80.9 Å². The van der Waals surface area contributed by atoms with Gasteiger partial charge in [0.2, 0.25) is 10.0 Å². The summed E-state index contributed by atoms with van der Waals surface area (Å²) in [5, 5.41) is 0.0250. The van der Waals surface area contributed by atoms with Crippen LogP contribution in [0.25, 0.3) is 0 Å². The molecule has 1 spiro atoms. The van der Waals surface area contributed by atoms with E-state index >= 15 is 0 Å². The number of ether oxygens (including phenoxy) is 3.